The average Bonchev–Trinajstić information content (AvgIpc) is 2.98. The van der Waals surface area contributed by atoms with Crippen molar-refractivity contribution < 1.29 is 71.5 Å². The van der Waals surface area contributed by atoms with Crippen molar-refractivity contribution >= 4 is 16.4 Å². The van der Waals surface area contributed by atoms with E-state index in [2.05, 4.69) is 11.1 Å². The summed E-state index contributed by atoms with van der Waals surface area (Å²) in [7, 11) is -5.47. The van der Waals surface area contributed by atoms with Crippen LogP contribution in [0.5, 0.6) is 0 Å². The van der Waals surface area contributed by atoms with Gasteiger partial charge in [0.2, 0.25) is 16.7 Å². The van der Waals surface area contributed by atoms with Crippen LogP contribution in [0.2, 0.25) is 0 Å². The van der Waals surface area contributed by atoms with E-state index in [0.29, 0.717) is 6.42 Å². The third-order valence-electron chi connectivity index (χ3n) is 7.90. The number of esters is 1. The standard InChI is InChI=1S/C28H52O15S/c1-2-3-4-5-6-7-8-9-10-11-12-13-14-15-20(31)41-25-23(34)21(32)18(16-29)39-27(25)42-28-26(43-44(36,37)38)24(35)22(33)19(17-30)40-28/h18-19,21-30,32-35H,2-17H2,1H3,(H,36,37,38)/p-1/t18-,19-,21-,22-,23+,24+,25-,26-,27-,28-/m1/s1. The summed E-state index contributed by atoms with van der Waals surface area (Å²) in [5, 5.41) is 60.5. The van der Waals surface area contributed by atoms with Crippen molar-refractivity contribution in [2.75, 3.05) is 13.2 Å². The SMILES string of the molecule is CCCCCCCCCCCCCCCC(=O)O[C@H]1[C@@H](O[C@H]2O[C@H](CO)[C@@H](O)[C@H](O)[C@H]2OS(=O)(=O)[O-])O[C@H](CO)[C@@H](O)[C@@H]1O. The highest BCUT2D eigenvalue weighted by Gasteiger charge is 2.52. The van der Waals surface area contributed by atoms with Crippen LogP contribution >= 0.6 is 0 Å². The summed E-state index contributed by atoms with van der Waals surface area (Å²) in [6.45, 7) is 0.535. The molecule has 6 N–H and O–H groups in total. The minimum absolute atomic E-state index is 0.0230. The van der Waals surface area contributed by atoms with E-state index in [0.717, 1.165) is 25.7 Å². The van der Waals surface area contributed by atoms with Gasteiger partial charge in [0, 0.05) is 6.42 Å². The van der Waals surface area contributed by atoms with Crippen LogP contribution in [-0.2, 0) is 38.3 Å². The molecule has 0 aromatic carbocycles. The number of hydrogen-bond donors (Lipinski definition) is 6. The molecule has 0 aromatic heterocycles. The molecule has 2 heterocycles. The van der Waals surface area contributed by atoms with Crippen molar-refractivity contribution in [3.8, 4) is 0 Å². The maximum absolute atomic E-state index is 12.6. The summed E-state index contributed by atoms with van der Waals surface area (Å²) in [4.78, 5) is 12.6. The molecule has 2 aliphatic rings. The molecule has 0 saturated carbocycles. The van der Waals surface area contributed by atoms with Crippen LogP contribution in [0.1, 0.15) is 96.8 Å². The zero-order chi connectivity index (χ0) is 32.7. The van der Waals surface area contributed by atoms with Gasteiger partial charge in [-0.05, 0) is 6.42 Å². The first-order valence-electron chi connectivity index (χ1n) is 15.7. The lowest BCUT2D eigenvalue weighted by Crippen LogP contribution is -2.65. The highest BCUT2D eigenvalue weighted by atomic mass is 32.3. The van der Waals surface area contributed by atoms with Gasteiger partial charge in [-0.25, -0.2) is 8.42 Å². The molecule has 0 radical (unpaired) electrons. The van der Waals surface area contributed by atoms with Crippen molar-refractivity contribution in [1.82, 2.24) is 0 Å². The molecule has 2 rings (SSSR count). The van der Waals surface area contributed by atoms with E-state index in [1.54, 1.807) is 0 Å². The third kappa shape index (κ3) is 13.0. The Balaban J connectivity index is 1.90. The second-order valence-corrected chi connectivity index (χ2v) is 12.5. The molecule has 2 aliphatic heterocycles. The lowest BCUT2D eigenvalue weighted by atomic mass is 9.98. The quantitative estimate of drug-likeness (QED) is 0.0415. The molecule has 0 unspecified atom stereocenters. The van der Waals surface area contributed by atoms with Crippen LogP contribution in [-0.4, -0.2) is 124 Å². The summed E-state index contributed by atoms with van der Waals surface area (Å²) >= 11 is 0. The molecule has 2 saturated heterocycles. The number of rotatable bonds is 21. The molecule has 44 heavy (non-hydrogen) atoms. The Bertz CT molecular complexity index is 905. The first-order valence-corrected chi connectivity index (χ1v) is 17.0. The molecule has 260 valence electrons. The molecule has 0 bridgehead atoms. The van der Waals surface area contributed by atoms with E-state index >= 15 is 0 Å². The maximum Gasteiger partial charge on any atom is 0.306 e. The molecule has 2 fully saturated rings. The van der Waals surface area contributed by atoms with E-state index in [1.165, 1.54) is 51.4 Å². The smallest absolute Gasteiger partial charge is 0.306 e. The first kappa shape index (κ1) is 39.2. The van der Waals surface area contributed by atoms with Gasteiger partial charge in [0.05, 0.1) is 13.2 Å². The van der Waals surface area contributed by atoms with Gasteiger partial charge in [-0.15, -0.1) is 0 Å². The molecule has 0 spiro atoms. The van der Waals surface area contributed by atoms with Gasteiger partial charge in [0.1, 0.15) is 36.6 Å². The summed E-state index contributed by atoms with van der Waals surface area (Å²) < 4.78 is 59.7. The highest BCUT2D eigenvalue weighted by Crippen LogP contribution is 2.31. The van der Waals surface area contributed by atoms with Crippen molar-refractivity contribution in [2.24, 2.45) is 0 Å². The molecule has 10 atom stereocenters. The zero-order valence-corrected chi connectivity index (χ0v) is 26.2. The summed E-state index contributed by atoms with van der Waals surface area (Å²) in [6.07, 6.45) is -3.76. The van der Waals surface area contributed by atoms with E-state index in [9.17, 15) is 48.4 Å². The van der Waals surface area contributed by atoms with Crippen molar-refractivity contribution in [3.63, 3.8) is 0 Å². The van der Waals surface area contributed by atoms with Gasteiger partial charge in [-0.3, -0.25) is 8.98 Å². The monoisotopic (exact) mass is 659 g/mol. The molecule has 0 amide bonds. The van der Waals surface area contributed by atoms with Crippen molar-refractivity contribution in [3.05, 3.63) is 0 Å². The highest BCUT2D eigenvalue weighted by molar-refractivity contribution is 7.80. The number of hydrogen-bond acceptors (Lipinski definition) is 15. The number of carbonyl (C=O) groups excluding carboxylic acids is 1. The maximum atomic E-state index is 12.6. The van der Waals surface area contributed by atoms with Gasteiger partial charge in [0.15, 0.2) is 18.5 Å². The first-order chi connectivity index (χ1) is 20.9. The fourth-order valence-corrected chi connectivity index (χ4v) is 5.80. The lowest BCUT2D eigenvalue weighted by Gasteiger charge is -2.46. The van der Waals surface area contributed by atoms with Crippen LogP contribution in [0, 0.1) is 0 Å². The van der Waals surface area contributed by atoms with Crippen LogP contribution in [0.3, 0.4) is 0 Å². The lowest BCUT2D eigenvalue weighted by molar-refractivity contribution is -0.374. The zero-order valence-electron chi connectivity index (χ0n) is 25.4. The van der Waals surface area contributed by atoms with Gasteiger partial charge in [-0.1, -0.05) is 84.0 Å². The molecule has 0 aromatic rings. The number of ether oxygens (including phenoxy) is 4. The van der Waals surface area contributed by atoms with Crippen molar-refractivity contribution in [2.45, 2.75) is 158 Å². The summed E-state index contributed by atoms with van der Waals surface area (Å²) in [5.41, 5.74) is 0. The van der Waals surface area contributed by atoms with E-state index in [-0.39, 0.29) is 6.42 Å². The van der Waals surface area contributed by atoms with Crippen LogP contribution < -0.4 is 0 Å². The van der Waals surface area contributed by atoms with Crippen LogP contribution in [0.4, 0.5) is 0 Å². The van der Waals surface area contributed by atoms with Gasteiger partial charge in [-0.2, -0.15) is 0 Å². The Labute approximate surface area is 259 Å². The summed E-state index contributed by atoms with van der Waals surface area (Å²) in [6, 6.07) is 0. The number of aliphatic hydroxyl groups excluding tert-OH is 6. The normalized spacial score (nSPS) is 32.9. The average molecular weight is 660 g/mol. The van der Waals surface area contributed by atoms with Gasteiger partial charge >= 0.3 is 5.97 Å². The fraction of sp³-hybridized carbons (Fsp3) is 0.964. The minimum atomic E-state index is -5.47. The molecular weight excluding hydrogens is 608 g/mol. The van der Waals surface area contributed by atoms with Gasteiger partial charge in [0.25, 0.3) is 0 Å². The topological polar surface area (TPSA) is 242 Å². The number of aliphatic hydroxyl groups is 6. The predicted molar refractivity (Wildman–Crippen MR) is 151 cm³/mol. The molecule has 15 nitrogen and oxygen atoms in total. The van der Waals surface area contributed by atoms with E-state index in [4.69, 9.17) is 18.9 Å². The predicted octanol–water partition coefficient (Wildman–Crippen LogP) is 0.120. The second kappa shape index (κ2) is 20.3. The molecular formula is C28H51O15S-. The largest absolute Gasteiger partial charge is 0.726 e. The Kier molecular flexibility index (Phi) is 18.0. The number of unbranched alkanes of at least 4 members (excludes halogenated alkanes) is 12. The Morgan fingerprint density at radius 1 is 0.682 bits per heavy atom. The summed E-state index contributed by atoms with van der Waals surface area (Å²) in [5.74, 6) is -0.757. The fourth-order valence-electron chi connectivity index (χ4n) is 5.33. The van der Waals surface area contributed by atoms with Crippen LogP contribution in [0.15, 0.2) is 0 Å². The van der Waals surface area contributed by atoms with Crippen molar-refractivity contribution in [1.29, 1.82) is 0 Å². The Morgan fingerprint density at radius 2 is 1.09 bits per heavy atom. The molecule has 0 aliphatic carbocycles. The Hall–Kier alpha value is -1.02. The second-order valence-electron chi connectivity index (χ2n) is 11.5. The van der Waals surface area contributed by atoms with Crippen LogP contribution in [0.25, 0.3) is 0 Å². The minimum Gasteiger partial charge on any atom is -0.726 e. The number of carbonyl (C=O) groups is 1. The third-order valence-corrected chi connectivity index (χ3v) is 8.36. The van der Waals surface area contributed by atoms with E-state index in [1.807, 2.05) is 0 Å². The van der Waals surface area contributed by atoms with Gasteiger partial charge < -0.3 is 54.1 Å². The Morgan fingerprint density at radius 3 is 1.52 bits per heavy atom. The molecule has 16 heteroatoms. The van der Waals surface area contributed by atoms with E-state index < -0.39 is 91.0 Å².